The minimum Gasteiger partial charge on any atom is -0.460 e. The fourth-order valence-electron chi connectivity index (χ4n) is 2.84. The van der Waals surface area contributed by atoms with E-state index in [9.17, 15) is 13.2 Å². The summed E-state index contributed by atoms with van der Waals surface area (Å²) >= 11 is 6.02. The second kappa shape index (κ2) is 9.56. The fourth-order valence-corrected chi connectivity index (χ4v) is 3.83. The number of benzene rings is 1. The largest absolute Gasteiger partial charge is 0.460 e. The number of carbonyl (C=O) groups is 1. The quantitative estimate of drug-likeness (QED) is 0.535. The molecule has 1 atom stereocenters. The molecule has 2 heterocycles. The van der Waals surface area contributed by atoms with Gasteiger partial charge >= 0.3 is 6.01 Å². The smallest absolute Gasteiger partial charge is 0.336 e. The summed E-state index contributed by atoms with van der Waals surface area (Å²) in [4.78, 5) is 21.4. The minimum atomic E-state index is -3.56. The van der Waals surface area contributed by atoms with E-state index < -0.39 is 21.8 Å². The molecule has 0 aliphatic heterocycles. The van der Waals surface area contributed by atoms with Gasteiger partial charge < -0.3 is 10.1 Å². The molecule has 0 spiro atoms. The van der Waals surface area contributed by atoms with Crippen LogP contribution in [0.4, 0.5) is 0 Å². The van der Waals surface area contributed by atoms with Crippen LogP contribution >= 0.6 is 11.6 Å². The maximum absolute atomic E-state index is 12.9. The van der Waals surface area contributed by atoms with Gasteiger partial charge in [-0.3, -0.25) is 4.79 Å². The Bertz CT molecular complexity index is 1330. The molecule has 3 aromatic rings. The van der Waals surface area contributed by atoms with Crippen molar-refractivity contribution in [1.29, 1.82) is 5.26 Å². The fraction of sp³-hybridized carbons (Fsp3) is 0.286. The highest BCUT2D eigenvalue weighted by atomic mass is 35.5. The summed E-state index contributed by atoms with van der Waals surface area (Å²) in [5.74, 6) is 0.142. The van der Waals surface area contributed by atoms with Crippen molar-refractivity contribution in [3.05, 3.63) is 58.5 Å². The molecule has 33 heavy (non-hydrogen) atoms. The number of nitrogens with zero attached hydrogens (tertiary/aromatic N) is 5. The van der Waals surface area contributed by atoms with Gasteiger partial charge in [0.15, 0.2) is 21.5 Å². The van der Waals surface area contributed by atoms with Crippen molar-refractivity contribution in [3.8, 4) is 17.9 Å². The van der Waals surface area contributed by atoms with E-state index in [-0.39, 0.29) is 27.6 Å². The number of carbonyl (C=O) groups excluding carboxylic acids is 1. The van der Waals surface area contributed by atoms with E-state index in [1.165, 1.54) is 29.1 Å². The van der Waals surface area contributed by atoms with Gasteiger partial charge in [0.05, 0.1) is 22.6 Å². The van der Waals surface area contributed by atoms with Crippen molar-refractivity contribution >= 4 is 27.3 Å². The zero-order valence-corrected chi connectivity index (χ0v) is 19.8. The first-order valence-electron chi connectivity index (χ1n) is 9.79. The Balaban J connectivity index is 1.95. The average molecular weight is 489 g/mol. The van der Waals surface area contributed by atoms with Gasteiger partial charge in [0.1, 0.15) is 6.07 Å². The van der Waals surface area contributed by atoms with Crippen LogP contribution in [-0.2, 0) is 9.84 Å². The Morgan fingerprint density at radius 2 is 1.97 bits per heavy atom. The van der Waals surface area contributed by atoms with E-state index in [2.05, 4.69) is 20.4 Å². The molecule has 0 fully saturated rings. The molecule has 0 aliphatic rings. The first-order valence-corrected chi connectivity index (χ1v) is 12.1. The summed E-state index contributed by atoms with van der Waals surface area (Å²) < 4.78 is 30.8. The van der Waals surface area contributed by atoms with Crippen LogP contribution in [0.1, 0.15) is 48.6 Å². The number of hydrogen-bond acceptors (Lipinski definition) is 8. The highest BCUT2D eigenvalue weighted by Gasteiger charge is 2.23. The molecule has 0 bridgehead atoms. The first kappa shape index (κ1) is 24.2. The number of nitriles is 1. The van der Waals surface area contributed by atoms with Gasteiger partial charge in [-0.05, 0) is 51.1 Å². The van der Waals surface area contributed by atoms with Crippen molar-refractivity contribution in [3.63, 3.8) is 0 Å². The monoisotopic (exact) mass is 488 g/mol. The Hall–Kier alpha value is -3.49. The number of amides is 1. The van der Waals surface area contributed by atoms with E-state index in [1.54, 1.807) is 19.1 Å². The number of aromatic nitrogens is 4. The van der Waals surface area contributed by atoms with Crippen LogP contribution in [-0.4, -0.2) is 46.4 Å². The van der Waals surface area contributed by atoms with Crippen molar-refractivity contribution in [2.24, 2.45) is 0 Å². The lowest BCUT2D eigenvalue weighted by Gasteiger charge is -2.14. The van der Waals surface area contributed by atoms with Gasteiger partial charge in [-0.1, -0.05) is 11.6 Å². The summed E-state index contributed by atoms with van der Waals surface area (Å²) in [6, 6.07) is 8.50. The standard InChI is InChI=1S/C21H21ClN6O4S/c1-12(2)32-21-26-19(28(27-21)18-6-5-14(10-23)11-24-18)13(3)25-20(29)15-7-16(22)9-17(8-15)33(4,30)31/h5-9,11-13H,1-4H3,(H,25,29)/t13-/m0/s1. The molecule has 10 nitrogen and oxygen atoms in total. The summed E-state index contributed by atoms with van der Waals surface area (Å²) in [6.45, 7) is 5.33. The number of pyridine rings is 1. The van der Waals surface area contributed by atoms with Gasteiger partial charge in [0.2, 0.25) is 0 Å². The second-order valence-corrected chi connectivity index (χ2v) is 9.94. The van der Waals surface area contributed by atoms with Crippen LogP contribution in [0, 0.1) is 11.3 Å². The molecule has 12 heteroatoms. The van der Waals surface area contributed by atoms with E-state index in [1.807, 2.05) is 19.9 Å². The molecule has 0 radical (unpaired) electrons. The zero-order valence-electron chi connectivity index (χ0n) is 18.3. The number of halogens is 1. The summed E-state index contributed by atoms with van der Waals surface area (Å²) in [6.07, 6.45) is 2.24. The van der Waals surface area contributed by atoms with Gasteiger partial charge in [-0.25, -0.2) is 13.4 Å². The first-order chi connectivity index (χ1) is 15.5. The van der Waals surface area contributed by atoms with E-state index in [0.29, 0.717) is 17.2 Å². The Kier molecular flexibility index (Phi) is 7.00. The molecular weight excluding hydrogens is 468 g/mol. The van der Waals surface area contributed by atoms with Crippen LogP contribution in [0.15, 0.2) is 41.4 Å². The maximum Gasteiger partial charge on any atom is 0.336 e. The molecule has 1 N–H and O–H groups in total. The lowest BCUT2D eigenvalue weighted by molar-refractivity contribution is 0.0937. The highest BCUT2D eigenvalue weighted by molar-refractivity contribution is 7.90. The molecule has 0 saturated heterocycles. The second-order valence-electron chi connectivity index (χ2n) is 7.49. The number of sulfone groups is 1. The van der Waals surface area contributed by atoms with Crippen LogP contribution in [0.3, 0.4) is 0 Å². The third-order valence-electron chi connectivity index (χ3n) is 4.34. The van der Waals surface area contributed by atoms with Crippen LogP contribution < -0.4 is 10.1 Å². The summed E-state index contributed by atoms with van der Waals surface area (Å²) in [7, 11) is -3.56. The van der Waals surface area contributed by atoms with E-state index >= 15 is 0 Å². The maximum atomic E-state index is 12.9. The van der Waals surface area contributed by atoms with Gasteiger partial charge in [0, 0.05) is 23.0 Å². The lowest BCUT2D eigenvalue weighted by Crippen LogP contribution is -2.29. The molecule has 1 aromatic carbocycles. The van der Waals surface area contributed by atoms with Gasteiger partial charge in [-0.15, -0.1) is 5.10 Å². The average Bonchev–Trinajstić information content (AvgIpc) is 3.16. The van der Waals surface area contributed by atoms with E-state index in [4.69, 9.17) is 21.6 Å². The molecule has 1 amide bonds. The van der Waals surface area contributed by atoms with Crippen LogP contribution in [0.2, 0.25) is 5.02 Å². The lowest BCUT2D eigenvalue weighted by atomic mass is 10.2. The van der Waals surface area contributed by atoms with Crippen molar-refractivity contribution < 1.29 is 17.9 Å². The van der Waals surface area contributed by atoms with Crippen molar-refractivity contribution in [1.82, 2.24) is 25.1 Å². The van der Waals surface area contributed by atoms with Crippen molar-refractivity contribution in [2.75, 3.05) is 6.26 Å². The molecule has 0 unspecified atom stereocenters. The SMILES string of the molecule is CC(C)Oc1nc([C@H](C)NC(=O)c2cc(Cl)cc(S(C)(=O)=O)c2)n(-c2ccc(C#N)cn2)n1. The number of hydrogen-bond donors (Lipinski definition) is 1. The number of ether oxygens (including phenoxy) is 1. The van der Waals surface area contributed by atoms with Crippen molar-refractivity contribution in [2.45, 2.75) is 37.8 Å². The molecular formula is C21H21ClN6O4S. The summed E-state index contributed by atoms with van der Waals surface area (Å²) in [5.41, 5.74) is 0.457. The normalized spacial score (nSPS) is 12.3. The predicted octanol–water partition coefficient (Wildman–Crippen LogP) is 2.87. The molecule has 0 aliphatic carbocycles. The van der Waals surface area contributed by atoms with Gasteiger partial charge in [0.25, 0.3) is 5.91 Å². The van der Waals surface area contributed by atoms with Crippen LogP contribution in [0.25, 0.3) is 5.82 Å². The Morgan fingerprint density at radius 1 is 1.24 bits per heavy atom. The van der Waals surface area contributed by atoms with Gasteiger partial charge in [-0.2, -0.15) is 14.9 Å². The van der Waals surface area contributed by atoms with Crippen LogP contribution in [0.5, 0.6) is 6.01 Å². The highest BCUT2D eigenvalue weighted by Crippen LogP contribution is 2.22. The van der Waals surface area contributed by atoms with E-state index in [0.717, 1.165) is 6.26 Å². The third-order valence-corrected chi connectivity index (χ3v) is 5.65. The molecule has 172 valence electrons. The topological polar surface area (TPSA) is 140 Å². The number of nitrogens with one attached hydrogen (secondary N) is 1. The number of rotatable bonds is 7. The third kappa shape index (κ3) is 5.85. The Morgan fingerprint density at radius 3 is 2.55 bits per heavy atom. The Labute approximate surface area is 196 Å². The molecule has 3 rings (SSSR count). The summed E-state index contributed by atoms with van der Waals surface area (Å²) in [5, 5.41) is 16.2. The zero-order chi connectivity index (χ0) is 24.3. The molecule has 2 aromatic heterocycles. The minimum absolute atomic E-state index is 0.0645. The predicted molar refractivity (Wildman–Crippen MR) is 120 cm³/mol. The molecule has 0 saturated carbocycles.